The third kappa shape index (κ3) is 4.40. The lowest BCUT2D eigenvalue weighted by Gasteiger charge is -2.36. The van der Waals surface area contributed by atoms with E-state index in [0.717, 1.165) is 29.5 Å². The van der Waals surface area contributed by atoms with Crippen molar-refractivity contribution in [3.63, 3.8) is 0 Å². The maximum absolute atomic E-state index is 14.9. The summed E-state index contributed by atoms with van der Waals surface area (Å²) in [6, 6.07) is 4.08. The predicted octanol–water partition coefficient (Wildman–Crippen LogP) is 5.48. The molecule has 0 bridgehead atoms. The molecule has 0 amide bonds. The number of nitrogens with zero attached hydrogens (tertiary/aromatic N) is 6. The van der Waals surface area contributed by atoms with Crippen molar-refractivity contribution in [2.24, 2.45) is 0 Å². The van der Waals surface area contributed by atoms with E-state index in [-0.39, 0.29) is 17.8 Å². The van der Waals surface area contributed by atoms with E-state index >= 15 is 0 Å². The summed E-state index contributed by atoms with van der Waals surface area (Å²) in [6.45, 7) is 5.25. The Bertz CT molecular complexity index is 1380. The fraction of sp³-hybridized carbons (Fsp3) is 0.440. The summed E-state index contributed by atoms with van der Waals surface area (Å²) in [5, 5.41) is 5.44. The van der Waals surface area contributed by atoms with Crippen LogP contribution in [0.2, 0.25) is 0 Å². The van der Waals surface area contributed by atoms with Crippen molar-refractivity contribution >= 4 is 27.6 Å². The number of morpholine rings is 1. The van der Waals surface area contributed by atoms with Gasteiger partial charge in [-0.15, -0.1) is 11.3 Å². The van der Waals surface area contributed by atoms with Crippen LogP contribution in [0.5, 0.6) is 0 Å². The molecule has 0 unspecified atom stereocenters. The minimum absolute atomic E-state index is 0.0607. The zero-order valence-electron chi connectivity index (χ0n) is 19.6. The second-order valence-electron chi connectivity index (χ2n) is 9.33. The molecule has 1 saturated carbocycles. The number of rotatable bonds is 6. The lowest BCUT2D eigenvalue weighted by atomic mass is 10.1. The van der Waals surface area contributed by atoms with Gasteiger partial charge in [-0.25, -0.2) is 18.7 Å². The van der Waals surface area contributed by atoms with E-state index in [2.05, 4.69) is 23.1 Å². The highest BCUT2D eigenvalue weighted by molar-refractivity contribution is 7.19. The van der Waals surface area contributed by atoms with Gasteiger partial charge in [-0.1, -0.05) is 6.92 Å². The van der Waals surface area contributed by atoms with Gasteiger partial charge in [-0.3, -0.25) is 4.68 Å². The van der Waals surface area contributed by atoms with Gasteiger partial charge in [0.1, 0.15) is 22.4 Å². The number of anilines is 1. The lowest BCUT2D eigenvalue weighted by Crippen LogP contribution is -2.43. The SMILES string of the molecule is CCCc1nc2nc(N3C[C@@H](C)O[C@@H](c4cnn(C5CC5)c4)C3)nc(-c3ccc(F)cc3F)c2s1. The first-order valence-corrected chi connectivity index (χ1v) is 12.9. The van der Waals surface area contributed by atoms with E-state index in [1.165, 1.54) is 36.3 Å². The topological polar surface area (TPSA) is 69.0 Å². The standard InChI is InChI=1S/C25H26F2N6OS/c1-3-4-21-29-24-23(35-21)22(18-8-5-16(26)9-19(18)27)30-25(31-24)32-11-14(2)34-20(13-32)15-10-28-33(12-15)17-6-7-17/h5,8-10,12,14,17,20H,3-4,6-7,11,13H2,1-2H3/t14-,20-/m1/s1. The van der Waals surface area contributed by atoms with Gasteiger partial charge in [0.25, 0.3) is 0 Å². The van der Waals surface area contributed by atoms with E-state index in [9.17, 15) is 8.78 Å². The van der Waals surface area contributed by atoms with Crippen LogP contribution in [-0.2, 0) is 11.2 Å². The quantitative estimate of drug-likeness (QED) is 0.352. The smallest absolute Gasteiger partial charge is 0.228 e. The summed E-state index contributed by atoms with van der Waals surface area (Å²) in [6.07, 6.45) is 7.79. The van der Waals surface area contributed by atoms with E-state index in [1.807, 2.05) is 17.8 Å². The Balaban J connectivity index is 1.40. The van der Waals surface area contributed by atoms with Gasteiger partial charge >= 0.3 is 0 Å². The third-order valence-corrected chi connectivity index (χ3v) is 7.50. The number of fused-ring (bicyclic) bond motifs is 1. The zero-order valence-corrected chi connectivity index (χ0v) is 20.4. The monoisotopic (exact) mass is 496 g/mol. The number of halogens is 2. The first kappa shape index (κ1) is 22.5. The van der Waals surface area contributed by atoms with Crippen LogP contribution in [0.1, 0.15) is 55.8 Å². The molecule has 10 heteroatoms. The van der Waals surface area contributed by atoms with Gasteiger partial charge in [-0.05, 0) is 44.7 Å². The molecule has 2 aliphatic rings. The van der Waals surface area contributed by atoms with Crippen molar-refractivity contribution in [2.75, 3.05) is 18.0 Å². The number of aryl methyl sites for hydroxylation is 1. The molecular formula is C25H26F2N6OS. The molecule has 4 heterocycles. The summed E-state index contributed by atoms with van der Waals surface area (Å²) >= 11 is 1.47. The second-order valence-corrected chi connectivity index (χ2v) is 10.4. The van der Waals surface area contributed by atoms with Crippen LogP contribution in [0, 0.1) is 11.6 Å². The summed E-state index contributed by atoms with van der Waals surface area (Å²) in [5.41, 5.74) is 2.26. The number of benzene rings is 1. The van der Waals surface area contributed by atoms with Gasteiger partial charge in [0, 0.05) is 29.9 Å². The van der Waals surface area contributed by atoms with Crippen LogP contribution in [-0.4, -0.2) is 43.9 Å². The van der Waals surface area contributed by atoms with Crippen LogP contribution in [0.3, 0.4) is 0 Å². The summed E-state index contributed by atoms with van der Waals surface area (Å²) in [5.74, 6) is -0.800. The van der Waals surface area contributed by atoms with Crippen LogP contribution in [0.4, 0.5) is 14.7 Å². The number of ether oxygens (including phenoxy) is 1. The second kappa shape index (κ2) is 8.91. The van der Waals surface area contributed by atoms with Crippen molar-refractivity contribution < 1.29 is 13.5 Å². The van der Waals surface area contributed by atoms with Crippen molar-refractivity contribution in [1.82, 2.24) is 24.7 Å². The van der Waals surface area contributed by atoms with E-state index in [4.69, 9.17) is 19.7 Å². The van der Waals surface area contributed by atoms with Crippen molar-refractivity contribution in [3.05, 3.63) is 52.8 Å². The molecule has 0 spiro atoms. The fourth-order valence-corrected chi connectivity index (χ4v) is 5.65. The number of thiazole rings is 1. The maximum atomic E-state index is 14.9. The molecule has 3 aromatic heterocycles. The normalized spacial score (nSPS) is 20.6. The summed E-state index contributed by atoms with van der Waals surface area (Å²) in [4.78, 5) is 16.4. The molecule has 0 N–H and O–H groups in total. The van der Waals surface area contributed by atoms with Crippen molar-refractivity contribution in [1.29, 1.82) is 0 Å². The molecule has 2 fully saturated rings. The maximum Gasteiger partial charge on any atom is 0.228 e. The molecule has 0 radical (unpaired) electrons. The van der Waals surface area contributed by atoms with Crippen molar-refractivity contribution in [3.8, 4) is 11.3 Å². The third-order valence-electron chi connectivity index (χ3n) is 6.39. The van der Waals surface area contributed by atoms with Crippen molar-refractivity contribution in [2.45, 2.75) is 57.8 Å². The van der Waals surface area contributed by atoms with Gasteiger partial charge < -0.3 is 9.64 Å². The highest BCUT2D eigenvalue weighted by atomic mass is 32.1. The number of aromatic nitrogens is 5. The molecule has 4 aromatic rings. The van der Waals surface area contributed by atoms with E-state index in [1.54, 1.807) is 0 Å². The highest BCUT2D eigenvalue weighted by Gasteiger charge is 2.32. The van der Waals surface area contributed by atoms with Gasteiger partial charge in [0.15, 0.2) is 5.65 Å². The Labute approximate surface area is 205 Å². The van der Waals surface area contributed by atoms with Gasteiger partial charge in [-0.2, -0.15) is 10.1 Å². The molecule has 1 saturated heterocycles. The van der Waals surface area contributed by atoms with E-state index < -0.39 is 11.6 Å². The minimum Gasteiger partial charge on any atom is -0.367 e. The molecule has 7 nitrogen and oxygen atoms in total. The molecular weight excluding hydrogens is 470 g/mol. The average Bonchev–Trinajstić information content (AvgIpc) is 3.41. The highest BCUT2D eigenvalue weighted by Crippen LogP contribution is 2.37. The molecule has 2 atom stereocenters. The lowest BCUT2D eigenvalue weighted by molar-refractivity contribution is -0.0178. The van der Waals surface area contributed by atoms with E-state index in [0.29, 0.717) is 41.1 Å². The Morgan fingerprint density at radius 2 is 2.00 bits per heavy atom. The molecule has 1 aliphatic carbocycles. The fourth-order valence-electron chi connectivity index (χ4n) is 4.54. The van der Waals surface area contributed by atoms with Crippen LogP contribution in [0.25, 0.3) is 21.6 Å². The van der Waals surface area contributed by atoms with Gasteiger partial charge in [0.05, 0.1) is 35.6 Å². The van der Waals surface area contributed by atoms with Crippen LogP contribution < -0.4 is 4.90 Å². The Morgan fingerprint density at radius 1 is 1.14 bits per heavy atom. The average molecular weight is 497 g/mol. The summed E-state index contributed by atoms with van der Waals surface area (Å²) in [7, 11) is 0. The first-order chi connectivity index (χ1) is 17.0. The number of hydrogen-bond acceptors (Lipinski definition) is 7. The largest absolute Gasteiger partial charge is 0.367 e. The summed E-state index contributed by atoms with van der Waals surface area (Å²) < 4.78 is 37.5. The molecule has 1 aliphatic heterocycles. The first-order valence-electron chi connectivity index (χ1n) is 12.1. The van der Waals surface area contributed by atoms with Crippen LogP contribution in [0.15, 0.2) is 30.6 Å². The van der Waals surface area contributed by atoms with Gasteiger partial charge in [0.2, 0.25) is 5.95 Å². The minimum atomic E-state index is -0.651. The zero-order chi connectivity index (χ0) is 24.1. The molecule has 6 rings (SSSR count). The predicted molar refractivity (Wildman–Crippen MR) is 131 cm³/mol. The molecule has 35 heavy (non-hydrogen) atoms. The number of hydrogen-bond donors (Lipinski definition) is 0. The Kier molecular flexibility index (Phi) is 5.72. The Morgan fingerprint density at radius 3 is 2.77 bits per heavy atom. The molecule has 1 aromatic carbocycles. The van der Waals surface area contributed by atoms with Crippen LogP contribution >= 0.6 is 11.3 Å². The Hall–Kier alpha value is -2.98. The molecule has 182 valence electrons.